The van der Waals surface area contributed by atoms with E-state index in [9.17, 15) is 9.59 Å². The number of phenolic OH excluding ortho intramolecular Hbond substituents is 1. The van der Waals surface area contributed by atoms with Gasteiger partial charge in [-0.05, 0) is 30.3 Å². The third-order valence-corrected chi connectivity index (χ3v) is 1.53. The Bertz CT molecular complexity index is 376. The van der Waals surface area contributed by atoms with Crippen LogP contribution in [0, 0.1) is 0 Å². The summed E-state index contributed by atoms with van der Waals surface area (Å²) in [4.78, 5) is 21.3. The molecule has 0 aromatic heterocycles. The highest BCUT2D eigenvalue weighted by molar-refractivity contribution is 6.06. The van der Waals surface area contributed by atoms with Gasteiger partial charge >= 0.3 is 5.97 Å². The van der Waals surface area contributed by atoms with E-state index in [1.165, 1.54) is 24.3 Å². The van der Waals surface area contributed by atoms with Crippen LogP contribution in [0.3, 0.4) is 0 Å². The van der Waals surface area contributed by atoms with Gasteiger partial charge in [-0.25, -0.2) is 4.79 Å². The number of ketones is 1. The van der Waals surface area contributed by atoms with Gasteiger partial charge in [0.05, 0.1) is 0 Å². The van der Waals surface area contributed by atoms with Crippen molar-refractivity contribution < 1.29 is 19.8 Å². The molecule has 0 saturated heterocycles. The second-order valence-electron chi connectivity index (χ2n) is 2.58. The molecule has 1 aromatic rings. The average molecular weight is 192 g/mol. The van der Waals surface area contributed by atoms with Crippen LogP contribution in [0.2, 0.25) is 0 Å². The van der Waals surface area contributed by atoms with Crippen LogP contribution >= 0.6 is 0 Å². The molecule has 0 saturated carbocycles. The first-order chi connectivity index (χ1) is 6.59. The van der Waals surface area contributed by atoms with Crippen molar-refractivity contribution in [3.05, 3.63) is 42.0 Å². The molecule has 0 aliphatic carbocycles. The minimum atomic E-state index is -1.17. The lowest BCUT2D eigenvalue weighted by Crippen LogP contribution is -1.95. The van der Waals surface area contributed by atoms with Gasteiger partial charge in [-0.1, -0.05) is 0 Å². The highest BCUT2D eigenvalue weighted by Crippen LogP contribution is 2.10. The number of hydrogen-bond donors (Lipinski definition) is 2. The van der Waals surface area contributed by atoms with Gasteiger partial charge in [-0.3, -0.25) is 4.79 Å². The van der Waals surface area contributed by atoms with E-state index in [-0.39, 0.29) is 5.75 Å². The molecule has 0 heterocycles. The van der Waals surface area contributed by atoms with E-state index in [2.05, 4.69) is 0 Å². The Balaban J connectivity index is 2.80. The molecule has 0 unspecified atom stereocenters. The third kappa shape index (κ3) is 2.75. The number of carbonyl (C=O) groups excluding carboxylic acids is 1. The van der Waals surface area contributed by atoms with Crippen LogP contribution in [0.25, 0.3) is 0 Å². The molecule has 0 amide bonds. The Morgan fingerprint density at radius 3 is 2.14 bits per heavy atom. The number of carboxylic acid groups (broad SMARTS) is 1. The summed E-state index contributed by atoms with van der Waals surface area (Å²) in [6.45, 7) is 0. The van der Waals surface area contributed by atoms with E-state index in [4.69, 9.17) is 10.2 Å². The molecule has 1 rings (SSSR count). The van der Waals surface area contributed by atoms with E-state index in [1.54, 1.807) is 0 Å². The van der Waals surface area contributed by atoms with Crippen LogP contribution in [-0.2, 0) is 4.79 Å². The molecule has 0 aliphatic rings. The summed E-state index contributed by atoms with van der Waals surface area (Å²) in [5.74, 6) is -1.52. The summed E-state index contributed by atoms with van der Waals surface area (Å²) in [5, 5.41) is 17.2. The van der Waals surface area contributed by atoms with Gasteiger partial charge < -0.3 is 10.2 Å². The number of carboxylic acids is 1. The van der Waals surface area contributed by atoms with Crippen molar-refractivity contribution in [3.63, 3.8) is 0 Å². The summed E-state index contributed by atoms with van der Waals surface area (Å²) < 4.78 is 0. The fourth-order valence-corrected chi connectivity index (χ4v) is 0.869. The number of rotatable bonds is 3. The van der Waals surface area contributed by atoms with Crippen molar-refractivity contribution in [2.24, 2.45) is 0 Å². The molecule has 72 valence electrons. The second-order valence-corrected chi connectivity index (χ2v) is 2.58. The normalized spacial score (nSPS) is 10.3. The molecule has 0 aliphatic heterocycles. The number of aliphatic carboxylic acids is 1. The zero-order chi connectivity index (χ0) is 10.6. The van der Waals surface area contributed by atoms with Crippen molar-refractivity contribution in [1.82, 2.24) is 0 Å². The smallest absolute Gasteiger partial charge is 0.328 e. The molecule has 0 fully saturated rings. The van der Waals surface area contributed by atoms with E-state index in [0.717, 1.165) is 12.2 Å². The molecule has 4 nitrogen and oxygen atoms in total. The van der Waals surface area contributed by atoms with Crippen molar-refractivity contribution in [1.29, 1.82) is 0 Å². The van der Waals surface area contributed by atoms with Crippen LogP contribution in [0.5, 0.6) is 5.75 Å². The van der Waals surface area contributed by atoms with E-state index in [0.29, 0.717) is 5.56 Å². The lowest BCUT2D eigenvalue weighted by Gasteiger charge is -1.94. The van der Waals surface area contributed by atoms with Gasteiger partial charge in [0.2, 0.25) is 0 Å². The van der Waals surface area contributed by atoms with Gasteiger partial charge in [0.25, 0.3) is 0 Å². The summed E-state index contributed by atoms with van der Waals surface area (Å²) in [7, 11) is 0. The zero-order valence-electron chi connectivity index (χ0n) is 7.18. The van der Waals surface area contributed by atoms with Gasteiger partial charge in [0.1, 0.15) is 5.75 Å². The predicted octanol–water partition coefficient (Wildman–Crippen LogP) is 1.22. The van der Waals surface area contributed by atoms with Crippen LogP contribution in [0.1, 0.15) is 10.4 Å². The Morgan fingerprint density at radius 1 is 1.07 bits per heavy atom. The number of hydrogen-bond acceptors (Lipinski definition) is 3. The minimum absolute atomic E-state index is 0.0590. The first-order valence-corrected chi connectivity index (χ1v) is 3.84. The van der Waals surface area contributed by atoms with Gasteiger partial charge in [0, 0.05) is 11.6 Å². The van der Waals surface area contributed by atoms with Gasteiger partial charge in [-0.2, -0.15) is 0 Å². The number of phenols is 1. The first kappa shape index (κ1) is 9.98. The van der Waals surface area contributed by atoms with Crippen molar-refractivity contribution in [2.45, 2.75) is 0 Å². The molecular formula is C10H8O4. The van der Waals surface area contributed by atoms with E-state index in [1.807, 2.05) is 0 Å². The highest BCUT2D eigenvalue weighted by Gasteiger charge is 2.01. The molecule has 0 bridgehead atoms. The molecule has 0 radical (unpaired) electrons. The minimum Gasteiger partial charge on any atom is -0.508 e. The molecule has 1 aromatic carbocycles. The molecule has 2 N–H and O–H groups in total. The SMILES string of the molecule is O=C(O)/C=C/C(=O)c1ccc(O)cc1. The Kier molecular flexibility index (Phi) is 3.01. The molecule has 0 spiro atoms. The van der Waals surface area contributed by atoms with Crippen LogP contribution in [0.4, 0.5) is 0 Å². The molecule has 4 heteroatoms. The summed E-state index contributed by atoms with van der Waals surface area (Å²) in [5.41, 5.74) is 0.334. The zero-order valence-corrected chi connectivity index (χ0v) is 7.18. The first-order valence-electron chi connectivity index (χ1n) is 3.84. The Morgan fingerprint density at radius 2 is 1.64 bits per heavy atom. The molecular weight excluding hydrogens is 184 g/mol. The van der Waals surface area contributed by atoms with E-state index >= 15 is 0 Å². The van der Waals surface area contributed by atoms with Crippen LogP contribution < -0.4 is 0 Å². The average Bonchev–Trinajstić information content (AvgIpc) is 2.15. The Hall–Kier alpha value is -2.10. The lowest BCUT2D eigenvalue weighted by molar-refractivity contribution is -0.131. The topological polar surface area (TPSA) is 74.6 Å². The molecule has 14 heavy (non-hydrogen) atoms. The number of carbonyl (C=O) groups is 2. The third-order valence-electron chi connectivity index (χ3n) is 1.53. The summed E-state index contributed by atoms with van der Waals surface area (Å²) >= 11 is 0. The maximum absolute atomic E-state index is 11.2. The lowest BCUT2D eigenvalue weighted by atomic mass is 10.1. The Labute approximate surface area is 80.1 Å². The maximum atomic E-state index is 11.2. The predicted molar refractivity (Wildman–Crippen MR) is 49.2 cm³/mol. The van der Waals surface area contributed by atoms with Crippen molar-refractivity contribution >= 4 is 11.8 Å². The maximum Gasteiger partial charge on any atom is 0.328 e. The molecule has 0 atom stereocenters. The van der Waals surface area contributed by atoms with E-state index < -0.39 is 11.8 Å². The standard InChI is InChI=1S/C10H8O4/c11-8-3-1-7(2-4-8)9(12)5-6-10(13)14/h1-6,11H,(H,13,14)/b6-5+. The number of benzene rings is 1. The quantitative estimate of drug-likeness (QED) is 0.557. The highest BCUT2D eigenvalue weighted by atomic mass is 16.4. The van der Waals surface area contributed by atoms with Gasteiger partial charge in [0.15, 0.2) is 5.78 Å². The fourth-order valence-electron chi connectivity index (χ4n) is 0.869. The van der Waals surface area contributed by atoms with Crippen molar-refractivity contribution in [2.75, 3.05) is 0 Å². The fraction of sp³-hybridized carbons (Fsp3) is 0. The monoisotopic (exact) mass is 192 g/mol. The second kappa shape index (κ2) is 4.23. The van der Waals surface area contributed by atoms with Gasteiger partial charge in [-0.15, -0.1) is 0 Å². The largest absolute Gasteiger partial charge is 0.508 e. The van der Waals surface area contributed by atoms with Crippen LogP contribution in [0.15, 0.2) is 36.4 Å². The number of aromatic hydroxyl groups is 1. The summed E-state index contributed by atoms with van der Waals surface area (Å²) in [6, 6.07) is 5.57. The summed E-state index contributed by atoms with van der Waals surface area (Å²) in [6.07, 6.45) is 1.74. The van der Waals surface area contributed by atoms with Crippen molar-refractivity contribution in [3.8, 4) is 5.75 Å². The van der Waals surface area contributed by atoms with Crippen LogP contribution in [-0.4, -0.2) is 22.0 Å². The number of allylic oxidation sites excluding steroid dienone is 1.